The molecule has 0 bridgehead atoms. The molecule has 21 heavy (non-hydrogen) atoms. The summed E-state index contributed by atoms with van der Waals surface area (Å²) < 4.78 is 0. The van der Waals surface area contributed by atoms with Gasteiger partial charge in [0.25, 0.3) is 0 Å². The fraction of sp³-hybridized carbons (Fsp3) is 0.875. The Kier molecular flexibility index (Phi) is 3.84. The molecule has 5 heteroatoms. The number of hydrogen-bond acceptors (Lipinski definition) is 2. The monoisotopic (exact) mass is 294 g/mol. The van der Waals surface area contributed by atoms with Crippen molar-refractivity contribution in [2.24, 2.45) is 17.8 Å². The number of piperidine rings is 1. The SMILES string of the molecule is CC1(C(=O)O)CCCCN1C(=O)NCC(C1CC1)C1CC1. The molecule has 3 aliphatic rings. The van der Waals surface area contributed by atoms with Crippen molar-refractivity contribution < 1.29 is 14.7 Å². The van der Waals surface area contributed by atoms with E-state index in [0.29, 0.717) is 18.9 Å². The van der Waals surface area contributed by atoms with Crippen LogP contribution in [-0.2, 0) is 4.79 Å². The van der Waals surface area contributed by atoms with Gasteiger partial charge in [0.2, 0.25) is 0 Å². The van der Waals surface area contributed by atoms with E-state index in [-0.39, 0.29) is 6.03 Å². The van der Waals surface area contributed by atoms with Gasteiger partial charge < -0.3 is 15.3 Å². The lowest BCUT2D eigenvalue weighted by Crippen LogP contribution is -2.60. The second kappa shape index (κ2) is 5.50. The maximum absolute atomic E-state index is 12.5. The molecule has 1 heterocycles. The normalized spacial score (nSPS) is 29.5. The van der Waals surface area contributed by atoms with Gasteiger partial charge >= 0.3 is 12.0 Å². The molecule has 3 rings (SSSR count). The lowest BCUT2D eigenvalue weighted by molar-refractivity contribution is -0.150. The third-order valence-corrected chi connectivity index (χ3v) is 5.54. The Bertz CT molecular complexity index is 419. The van der Waals surface area contributed by atoms with Gasteiger partial charge in [-0.05, 0) is 69.6 Å². The Morgan fingerprint density at radius 1 is 1.24 bits per heavy atom. The minimum absolute atomic E-state index is 0.189. The summed E-state index contributed by atoms with van der Waals surface area (Å²) >= 11 is 0. The first-order valence-corrected chi connectivity index (χ1v) is 8.31. The number of aliphatic carboxylic acids is 1. The summed E-state index contributed by atoms with van der Waals surface area (Å²) in [4.78, 5) is 25.5. The van der Waals surface area contributed by atoms with Crippen LogP contribution in [-0.4, -0.2) is 40.6 Å². The second-order valence-electron chi connectivity index (χ2n) is 7.21. The van der Waals surface area contributed by atoms with E-state index in [1.807, 2.05) is 0 Å². The van der Waals surface area contributed by atoms with Crippen LogP contribution in [0.25, 0.3) is 0 Å². The van der Waals surface area contributed by atoms with Crippen molar-refractivity contribution >= 4 is 12.0 Å². The zero-order valence-electron chi connectivity index (χ0n) is 12.8. The molecule has 0 aromatic carbocycles. The zero-order chi connectivity index (χ0) is 15.0. The van der Waals surface area contributed by atoms with Gasteiger partial charge in [-0.2, -0.15) is 0 Å². The number of carbonyl (C=O) groups is 2. The molecule has 0 aromatic heterocycles. The predicted octanol–water partition coefficient (Wildman–Crippen LogP) is 2.46. The van der Waals surface area contributed by atoms with Crippen LogP contribution in [0.5, 0.6) is 0 Å². The average Bonchev–Trinajstić information content (AvgIpc) is 3.33. The lowest BCUT2D eigenvalue weighted by Gasteiger charge is -2.41. The Morgan fingerprint density at radius 2 is 1.86 bits per heavy atom. The zero-order valence-corrected chi connectivity index (χ0v) is 12.8. The molecule has 2 saturated carbocycles. The molecule has 2 N–H and O–H groups in total. The van der Waals surface area contributed by atoms with Crippen molar-refractivity contribution in [1.82, 2.24) is 10.2 Å². The Hall–Kier alpha value is -1.26. The first-order chi connectivity index (χ1) is 10.0. The van der Waals surface area contributed by atoms with Crippen LogP contribution in [0.1, 0.15) is 51.9 Å². The Morgan fingerprint density at radius 3 is 2.38 bits per heavy atom. The van der Waals surface area contributed by atoms with Crippen molar-refractivity contribution in [3.05, 3.63) is 0 Å². The van der Waals surface area contributed by atoms with Crippen molar-refractivity contribution in [3.63, 3.8) is 0 Å². The number of carbonyl (C=O) groups excluding carboxylic acids is 1. The molecule has 1 saturated heterocycles. The molecule has 1 aliphatic heterocycles. The van der Waals surface area contributed by atoms with Crippen LogP contribution in [0.2, 0.25) is 0 Å². The van der Waals surface area contributed by atoms with Gasteiger partial charge in [-0.3, -0.25) is 0 Å². The molecule has 0 radical (unpaired) electrons. The van der Waals surface area contributed by atoms with Crippen molar-refractivity contribution in [1.29, 1.82) is 0 Å². The first-order valence-electron chi connectivity index (χ1n) is 8.31. The smallest absolute Gasteiger partial charge is 0.329 e. The van der Waals surface area contributed by atoms with Gasteiger partial charge in [-0.1, -0.05) is 0 Å². The number of carboxylic acids is 1. The Labute approximate surface area is 126 Å². The summed E-state index contributed by atoms with van der Waals surface area (Å²) in [6.07, 6.45) is 7.51. The number of nitrogens with zero attached hydrogens (tertiary/aromatic N) is 1. The first kappa shape index (κ1) is 14.7. The van der Waals surface area contributed by atoms with Gasteiger partial charge in [0, 0.05) is 13.1 Å². The molecule has 3 fully saturated rings. The van der Waals surface area contributed by atoms with E-state index in [4.69, 9.17) is 0 Å². The van der Waals surface area contributed by atoms with E-state index < -0.39 is 11.5 Å². The van der Waals surface area contributed by atoms with E-state index in [1.165, 1.54) is 30.6 Å². The van der Waals surface area contributed by atoms with Gasteiger partial charge in [0.15, 0.2) is 0 Å². The lowest BCUT2D eigenvalue weighted by atomic mass is 9.89. The number of likely N-dealkylation sites (tertiary alicyclic amines) is 1. The number of hydrogen-bond donors (Lipinski definition) is 2. The van der Waals surface area contributed by atoms with Gasteiger partial charge in [0.1, 0.15) is 5.54 Å². The number of rotatable bonds is 5. The highest BCUT2D eigenvalue weighted by molar-refractivity contribution is 5.86. The van der Waals surface area contributed by atoms with E-state index in [1.54, 1.807) is 6.92 Å². The molecule has 5 nitrogen and oxygen atoms in total. The molecule has 1 unspecified atom stereocenters. The minimum atomic E-state index is -1.04. The fourth-order valence-corrected chi connectivity index (χ4v) is 3.74. The number of nitrogens with one attached hydrogen (secondary N) is 1. The second-order valence-corrected chi connectivity index (χ2v) is 7.21. The van der Waals surface area contributed by atoms with E-state index in [0.717, 1.165) is 31.2 Å². The van der Waals surface area contributed by atoms with Crippen LogP contribution in [0.15, 0.2) is 0 Å². The van der Waals surface area contributed by atoms with Gasteiger partial charge in [0.05, 0.1) is 0 Å². The van der Waals surface area contributed by atoms with Gasteiger partial charge in [-0.15, -0.1) is 0 Å². The van der Waals surface area contributed by atoms with Crippen LogP contribution >= 0.6 is 0 Å². The highest BCUT2D eigenvalue weighted by Crippen LogP contribution is 2.48. The topological polar surface area (TPSA) is 69.6 Å². The molecule has 1 atom stereocenters. The summed E-state index contributed by atoms with van der Waals surface area (Å²) in [6.45, 7) is 2.94. The molecule has 2 amide bonds. The van der Waals surface area contributed by atoms with Crippen molar-refractivity contribution in [3.8, 4) is 0 Å². The highest BCUT2D eigenvalue weighted by atomic mass is 16.4. The maximum Gasteiger partial charge on any atom is 0.329 e. The van der Waals surface area contributed by atoms with Crippen LogP contribution in [0.3, 0.4) is 0 Å². The fourth-order valence-electron chi connectivity index (χ4n) is 3.74. The number of urea groups is 1. The third-order valence-electron chi connectivity index (χ3n) is 5.54. The summed E-state index contributed by atoms with van der Waals surface area (Å²) in [5.41, 5.74) is -1.04. The summed E-state index contributed by atoms with van der Waals surface area (Å²) in [5, 5.41) is 12.5. The van der Waals surface area contributed by atoms with Crippen LogP contribution in [0.4, 0.5) is 4.79 Å². The van der Waals surface area contributed by atoms with Crippen molar-refractivity contribution in [2.75, 3.05) is 13.1 Å². The highest BCUT2D eigenvalue weighted by Gasteiger charge is 2.45. The molecule has 0 spiro atoms. The number of carboxylic acid groups (broad SMARTS) is 1. The summed E-state index contributed by atoms with van der Waals surface area (Å²) in [6, 6.07) is -0.189. The molecule has 0 aromatic rings. The molecule has 2 aliphatic carbocycles. The van der Waals surface area contributed by atoms with Crippen LogP contribution in [0, 0.1) is 17.8 Å². The predicted molar refractivity (Wildman–Crippen MR) is 78.9 cm³/mol. The minimum Gasteiger partial charge on any atom is -0.480 e. The van der Waals surface area contributed by atoms with Crippen LogP contribution < -0.4 is 5.32 Å². The standard InChI is InChI=1S/C16H26N2O3/c1-16(14(19)20)8-2-3-9-18(16)15(21)17-10-13(11-4-5-11)12-6-7-12/h11-13H,2-10H2,1H3,(H,17,21)(H,19,20). The van der Waals surface area contributed by atoms with E-state index in [2.05, 4.69) is 5.32 Å². The average molecular weight is 294 g/mol. The number of amides is 2. The molecular formula is C16H26N2O3. The summed E-state index contributed by atoms with van der Waals surface area (Å²) in [7, 11) is 0. The largest absolute Gasteiger partial charge is 0.480 e. The maximum atomic E-state index is 12.5. The molecular weight excluding hydrogens is 268 g/mol. The summed E-state index contributed by atoms with van der Waals surface area (Å²) in [5.74, 6) is 1.32. The van der Waals surface area contributed by atoms with E-state index >= 15 is 0 Å². The third kappa shape index (κ3) is 3.01. The molecule has 118 valence electrons. The quantitative estimate of drug-likeness (QED) is 0.818. The van der Waals surface area contributed by atoms with Crippen molar-refractivity contribution in [2.45, 2.75) is 57.4 Å². The Balaban J connectivity index is 1.59. The van der Waals surface area contributed by atoms with E-state index in [9.17, 15) is 14.7 Å². The van der Waals surface area contributed by atoms with Gasteiger partial charge in [-0.25, -0.2) is 9.59 Å².